The highest BCUT2D eigenvalue weighted by Crippen LogP contribution is 2.00. The number of carboxylic acid groups (broad SMARTS) is 1. The summed E-state index contributed by atoms with van der Waals surface area (Å²) in [5, 5.41) is 14.7. The third-order valence-corrected chi connectivity index (χ3v) is 1.69. The molecule has 0 aliphatic rings. The highest BCUT2D eigenvalue weighted by atomic mass is 32.2. The van der Waals surface area contributed by atoms with E-state index >= 15 is 0 Å². The Morgan fingerprint density at radius 3 is 2.07 bits per heavy atom. The molecule has 0 aliphatic heterocycles. The van der Waals surface area contributed by atoms with Crippen LogP contribution in [0.25, 0.3) is 0 Å². The lowest BCUT2D eigenvalue weighted by atomic mass is 10.4. The van der Waals surface area contributed by atoms with Crippen molar-refractivity contribution >= 4 is 17.0 Å². The molecule has 0 radical (unpaired) electrons. The van der Waals surface area contributed by atoms with Gasteiger partial charge in [-0.25, -0.2) is 4.79 Å². The zero-order valence-electron chi connectivity index (χ0n) is 6.91. The molecule has 1 aromatic rings. The van der Waals surface area contributed by atoms with Gasteiger partial charge in [0.15, 0.2) is 6.07 Å². The second-order valence-corrected chi connectivity index (χ2v) is 2.91. The first-order valence-corrected chi connectivity index (χ1v) is 4.42. The van der Waals surface area contributed by atoms with Gasteiger partial charge in [-0.3, -0.25) is 4.21 Å². The van der Waals surface area contributed by atoms with E-state index in [4.69, 9.17) is 15.2 Å². The molecule has 1 N–H and O–H groups in total. The van der Waals surface area contributed by atoms with Crippen molar-refractivity contribution in [3.63, 3.8) is 0 Å². The van der Waals surface area contributed by atoms with Crippen LogP contribution in [0.15, 0.2) is 35.2 Å². The molecular weight excluding hydrogens is 206 g/mol. The smallest absolute Gasteiger partial charge is 0.408 e. The van der Waals surface area contributed by atoms with Crippen molar-refractivity contribution in [3.05, 3.63) is 30.3 Å². The van der Waals surface area contributed by atoms with Crippen LogP contribution in [0.3, 0.4) is 0 Å². The lowest BCUT2D eigenvalue weighted by molar-refractivity contribution is -0.130. The molecule has 0 saturated heterocycles. The fourth-order valence-electron chi connectivity index (χ4n) is 0.532. The average Bonchev–Trinajstić information content (AvgIpc) is 2.20. The molecular formula is C8H6NO4S-. The maximum Gasteiger partial charge on any atom is 0.408 e. The molecule has 14 heavy (non-hydrogen) atoms. The highest BCUT2D eigenvalue weighted by molar-refractivity contribution is 7.79. The number of nitriles is 1. The van der Waals surface area contributed by atoms with Gasteiger partial charge in [-0.2, -0.15) is 5.26 Å². The maximum atomic E-state index is 10.2. The molecule has 0 heterocycles. The van der Waals surface area contributed by atoms with Gasteiger partial charge in [-0.15, -0.1) is 0 Å². The van der Waals surface area contributed by atoms with Crippen LogP contribution in [0.2, 0.25) is 0 Å². The maximum absolute atomic E-state index is 10.2. The Bertz CT molecular complexity index is 357. The number of hydrogen-bond acceptors (Lipinski definition) is 4. The van der Waals surface area contributed by atoms with Crippen LogP contribution in [0, 0.1) is 11.3 Å². The van der Waals surface area contributed by atoms with Crippen molar-refractivity contribution in [1.82, 2.24) is 0 Å². The first-order valence-electron chi connectivity index (χ1n) is 3.35. The molecule has 0 bridgehead atoms. The highest BCUT2D eigenvalue weighted by Gasteiger charge is 1.84. The number of carboxylic acids is 1. The van der Waals surface area contributed by atoms with E-state index in [1.165, 1.54) is 0 Å². The standard InChI is InChI=1S/C6H6O2S.C2HNO2/c7-9(8)6-4-2-1-3-5-6;3-1-2(4)5/h1-5H,(H,7,8);(H,4,5)/p-1. The topological polar surface area (TPSA) is 101 Å². The van der Waals surface area contributed by atoms with Crippen molar-refractivity contribution in [2.75, 3.05) is 0 Å². The Morgan fingerprint density at radius 2 is 1.86 bits per heavy atom. The van der Waals surface area contributed by atoms with Crippen LogP contribution >= 0.6 is 0 Å². The van der Waals surface area contributed by atoms with Crippen LogP contribution < -0.4 is 0 Å². The first-order chi connectivity index (χ1) is 6.57. The van der Waals surface area contributed by atoms with Crippen LogP contribution in [0.4, 0.5) is 0 Å². The molecule has 1 rings (SSSR count). The van der Waals surface area contributed by atoms with Crippen LogP contribution in [0.5, 0.6) is 0 Å². The minimum atomic E-state index is -2.08. The van der Waals surface area contributed by atoms with Crippen molar-refractivity contribution in [2.45, 2.75) is 4.90 Å². The van der Waals surface area contributed by atoms with E-state index in [1.807, 2.05) is 0 Å². The third kappa shape index (κ3) is 5.88. The van der Waals surface area contributed by atoms with Crippen molar-refractivity contribution < 1.29 is 18.7 Å². The molecule has 1 unspecified atom stereocenters. The Morgan fingerprint density at radius 1 is 1.43 bits per heavy atom. The van der Waals surface area contributed by atoms with E-state index in [0.29, 0.717) is 4.90 Å². The normalized spacial score (nSPS) is 10.3. The summed E-state index contributed by atoms with van der Waals surface area (Å²) >= 11 is -2.08. The summed E-state index contributed by atoms with van der Waals surface area (Å²) in [6.45, 7) is 0. The molecule has 1 atom stereocenters. The molecule has 0 fully saturated rings. The zero-order valence-corrected chi connectivity index (χ0v) is 7.73. The number of rotatable bonds is 1. The number of benzene rings is 1. The summed E-state index contributed by atoms with van der Waals surface area (Å²) in [6, 6.07) is 9.18. The third-order valence-electron chi connectivity index (χ3n) is 1.03. The largest absolute Gasteiger partial charge is 0.768 e. The predicted molar refractivity (Wildman–Crippen MR) is 46.9 cm³/mol. The van der Waals surface area contributed by atoms with Crippen molar-refractivity contribution in [1.29, 1.82) is 5.26 Å². The lowest BCUT2D eigenvalue weighted by Crippen LogP contribution is -1.85. The summed E-state index contributed by atoms with van der Waals surface area (Å²) in [5.74, 6) is -1.44. The molecule has 0 saturated carbocycles. The Kier molecular flexibility index (Phi) is 5.94. The van der Waals surface area contributed by atoms with Gasteiger partial charge in [-0.05, 0) is 23.2 Å². The van der Waals surface area contributed by atoms with Gasteiger partial charge in [0.05, 0.1) is 0 Å². The molecule has 0 aromatic heterocycles. The van der Waals surface area contributed by atoms with Crippen LogP contribution in [-0.2, 0) is 15.9 Å². The van der Waals surface area contributed by atoms with Gasteiger partial charge in [0.2, 0.25) is 0 Å². The van der Waals surface area contributed by atoms with Crippen molar-refractivity contribution in [2.24, 2.45) is 0 Å². The molecule has 6 heteroatoms. The van der Waals surface area contributed by atoms with E-state index in [1.54, 1.807) is 30.3 Å². The van der Waals surface area contributed by atoms with Gasteiger partial charge in [0, 0.05) is 4.90 Å². The molecule has 1 aromatic carbocycles. The molecule has 0 spiro atoms. The quantitative estimate of drug-likeness (QED) is 0.415. The van der Waals surface area contributed by atoms with E-state index in [-0.39, 0.29) is 0 Å². The lowest BCUT2D eigenvalue weighted by Gasteiger charge is -2.01. The van der Waals surface area contributed by atoms with E-state index < -0.39 is 17.0 Å². The number of carbonyl (C=O) groups is 1. The number of hydrogen-bond donors (Lipinski definition) is 1. The average molecular weight is 212 g/mol. The van der Waals surface area contributed by atoms with Crippen LogP contribution in [0.1, 0.15) is 0 Å². The second-order valence-electron chi connectivity index (χ2n) is 1.96. The first kappa shape index (κ1) is 12.3. The fraction of sp³-hybridized carbons (Fsp3) is 0. The molecule has 0 aliphatic carbocycles. The summed E-state index contributed by atoms with van der Waals surface area (Å²) < 4.78 is 20.4. The monoisotopic (exact) mass is 212 g/mol. The Hall–Kier alpha value is -1.71. The Labute approximate surface area is 82.9 Å². The number of nitrogens with zero attached hydrogens (tertiary/aromatic N) is 1. The van der Waals surface area contributed by atoms with Crippen molar-refractivity contribution in [3.8, 4) is 6.07 Å². The van der Waals surface area contributed by atoms with Gasteiger partial charge in [0.25, 0.3) is 0 Å². The van der Waals surface area contributed by atoms with E-state index in [2.05, 4.69) is 0 Å². The minimum absolute atomic E-state index is 0.331. The summed E-state index contributed by atoms with van der Waals surface area (Å²) in [5.41, 5.74) is 0. The van der Waals surface area contributed by atoms with Gasteiger partial charge in [0.1, 0.15) is 0 Å². The van der Waals surface area contributed by atoms with E-state index in [9.17, 15) is 8.76 Å². The molecule has 0 amide bonds. The predicted octanol–water partition coefficient (Wildman–Crippen LogP) is 0.519. The molecule has 74 valence electrons. The van der Waals surface area contributed by atoms with Gasteiger partial charge >= 0.3 is 5.97 Å². The van der Waals surface area contributed by atoms with Gasteiger partial charge in [-0.1, -0.05) is 18.2 Å². The summed E-state index contributed by atoms with van der Waals surface area (Å²) in [4.78, 5) is 9.34. The number of aliphatic carboxylic acids is 1. The van der Waals surface area contributed by atoms with E-state index in [0.717, 1.165) is 6.07 Å². The minimum Gasteiger partial charge on any atom is -0.768 e. The second kappa shape index (κ2) is 6.77. The summed E-state index contributed by atoms with van der Waals surface area (Å²) in [6.07, 6.45) is 0. The zero-order chi connectivity index (χ0) is 11.0. The fourth-order valence-corrected chi connectivity index (χ4v) is 0.911. The SMILES string of the molecule is N#CC(=O)O.O=S([O-])c1ccccc1. The molecule has 5 nitrogen and oxygen atoms in total. The summed E-state index contributed by atoms with van der Waals surface area (Å²) in [7, 11) is 0. The van der Waals surface area contributed by atoms with Crippen LogP contribution in [-0.4, -0.2) is 19.8 Å². The Balaban J connectivity index is 0.000000292. The van der Waals surface area contributed by atoms with Gasteiger partial charge < -0.3 is 9.66 Å².